The molecule has 0 aromatic carbocycles. The van der Waals surface area contributed by atoms with Gasteiger partial charge >= 0.3 is 6.09 Å². The monoisotopic (exact) mass is 559 g/mol. The Kier molecular flexibility index (Phi) is 8.31. The van der Waals surface area contributed by atoms with E-state index in [1.54, 1.807) is 41.5 Å². The lowest BCUT2D eigenvalue weighted by atomic mass is 9.76. The number of likely N-dealkylation sites (tertiary alicyclic amines) is 1. The standard InChI is InChI=1S/C26H39Cl2N3O6/c1-24(2,3)20(30-23(36)37-25(4,5)6)22(35)31-12-15-17(26(15,27)28)18(31)16(32)11-14(19(33)21(29)34)10-13-8-7-9-13/h13-15,17-18,20H,7-12H2,1-6H3,(H2,29,34)(H,30,36)/t14?,15-,17-,18+,20?/m0/s1. The lowest BCUT2D eigenvalue weighted by molar-refractivity contribution is -0.144. The number of rotatable bonds is 9. The zero-order chi connectivity index (χ0) is 28.1. The van der Waals surface area contributed by atoms with Gasteiger partial charge in [0.05, 0.1) is 6.04 Å². The van der Waals surface area contributed by atoms with Crippen molar-refractivity contribution in [3.8, 4) is 0 Å². The molecule has 1 heterocycles. The van der Waals surface area contributed by atoms with Crippen molar-refractivity contribution in [3.63, 3.8) is 0 Å². The summed E-state index contributed by atoms with van der Waals surface area (Å²) in [6.45, 7) is 10.7. The first-order chi connectivity index (χ1) is 16.8. The summed E-state index contributed by atoms with van der Waals surface area (Å²) in [6.07, 6.45) is 2.35. The third kappa shape index (κ3) is 6.59. The Balaban J connectivity index is 1.83. The van der Waals surface area contributed by atoms with Crippen molar-refractivity contribution in [3.05, 3.63) is 0 Å². The Hall–Kier alpha value is -1.87. The van der Waals surface area contributed by atoms with E-state index in [0.717, 1.165) is 19.3 Å². The first-order valence-corrected chi connectivity index (χ1v) is 13.6. The number of primary amides is 1. The molecule has 3 aliphatic rings. The van der Waals surface area contributed by atoms with Crippen molar-refractivity contribution in [1.82, 2.24) is 10.2 Å². The highest BCUT2D eigenvalue weighted by Crippen LogP contribution is 2.65. The SMILES string of the molecule is CC(C)(C)OC(=O)NC(C(=O)N1C[C@H]2[C@@H]([C@H]1C(=O)CC(CC1CCC1)C(=O)C(N)=O)C2(Cl)Cl)C(C)(C)C. The topological polar surface area (TPSA) is 136 Å². The van der Waals surface area contributed by atoms with Gasteiger partial charge in [0, 0.05) is 30.7 Å². The molecule has 11 heteroatoms. The van der Waals surface area contributed by atoms with E-state index in [2.05, 4.69) is 5.32 Å². The first kappa shape index (κ1) is 29.7. The molecular formula is C26H39Cl2N3O6. The summed E-state index contributed by atoms with van der Waals surface area (Å²) in [5.41, 5.74) is 3.81. The van der Waals surface area contributed by atoms with E-state index < -0.39 is 63.0 Å². The fraction of sp³-hybridized carbons (Fsp3) is 0.808. The van der Waals surface area contributed by atoms with Crippen molar-refractivity contribution in [1.29, 1.82) is 0 Å². The molecule has 2 saturated carbocycles. The van der Waals surface area contributed by atoms with Gasteiger partial charge in [0.1, 0.15) is 16.0 Å². The van der Waals surface area contributed by atoms with Gasteiger partial charge in [0.25, 0.3) is 5.91 Å². The summed E-state index contributed by atoms with van der Waals surface area (Å²) in [6, 6.07) is -1.96. The second kappa shape index (κ2) is 10.4. The normalized spacial score (nSPS) is 26.4. The zero-order valence-electron chi connectivity index (χ0n) is 22.4. The Labute approximate surface area is 228 Å². The number of ether oxygens (including phenoxy) is 1. The van der Waals surface area contributed by atoms with Gasteiger partial charge in [0.2, 0.25) is 11.7 Å². The number of fused-ring (bicyclic) bond motifs is 1. The van der Waals surface area contributed by atoms with Crippen LogP contribution in [0.15, 0.2) is 0 Å². The predicted octanol–water partition coefficient (Wildman–Crippen LogP) is 3.38. The summed E-state index contributed by atoms with van der Waals surface area (Å²) in [4.78, 5) is 65.7. The van der Waals surface area contributed by atoms with Crippen LogP contribution in [0.5, 0.6) is 0 Å². The number of ketones is 2. The highest BCUT2D eigenvalue weighted by atomic mass is 35.5. The highest BCUT2D eigenvalue weighted by Gasteiger charge is 2.73. The number of carbonyl (C=O) groups is 5. The fourth-order valence-electron chi connectivity index (χ4n) is 5.42. The van der Waals surface area contributed by atoms with Crippen LogP contribution < -0.4 is 11.1 Å². The number of nitrogens with two attached hydrogens (primary N) is 1. The van der Waals surface area contributed by atoms with E-state index in [-0.39, 0.29) is 30.6 Å². The number of nitrogens with zero attached hydrogens (tertiary/aromatic N) is 1. The molecule has 5 atom stereocenters. The minimum Gasteiger partial charge on any atom is -0.444 e. The van der Waals surface area contributed by atoms with Crippen LogP contribution in [0.4, 0.5) is 4.79 Å². The number of Topliss-reactive ketones (excluding diaryl/α,β-unsaturated/α-hetero) is 2. The zero-order valence-corrected chi connectivity index (χ0v) is 23.9. The average Bonchev–Trinajstić information content (AvgIpc) is 3.06. The Morgan fingerprint density at radius 3 is 2.14 bits per heavy atom. The molecule has 0 spiro atoms. The summed E-state index contributed by atoms with van der Waals surface area (Å²) in [5.74, 6) is -4.07. The van der Waals surface area contributed by atoms with E-state index in [1.165, 1.54) is 4.90 Å². The maximum Gasteiger partial charge on any atom is 0.408 e. The second-order valence-corrected chi connectivity index (χ2v) is 14.3. The van der Waals surface area contributed by atoms with Crippen LogP contribution in [0.25, 0.3) is 0 Å². The molecule has 9 nitrogen and oxygen atoms in total. The first-order valence-electron chi connectivity index (χ1n) is 12.9. The van der Waals surface area contributed by atoms with Gasteiger partial charge in [-0.2, -0.15) is 0 Å². The molecule has 0 aromatic heterocycles. The van der Waals surface area contributed by atoms with Gasteiger partial charge in [0.15, 0.2) is 5.78 Å². The van der Waals surface area contributed by atoms with Crippen LogP contribution in [0, 0.1) is 29.1 Å². The molecule has 1 aliphatic heterocycles. The van der Waals surface area contributed by atoms with Gasteiger partial charge in [-0.1, -0.05) is 40.0 Å². The molecule has 0 aromatic rings. The lowest BCUT2D eigenvalue weighted by Gasteiger charge is -2.37. The van der Waals surface area contributed by atoms with Crippen LogP contribution in [0.3, 0.4) is 0 Å². The minimum atomic E-state index is -1.16. The molecule has 3 amide bonds. The number of hydrogen-bond donors (Lipinski definition) is 2. The third-order valence-corrected chi connectivity index (χ3v) is 8.69. The van der Waals surface area contributed by atoms with Crippen LogP contribution >= 0.6 is 23.2 Å². The third-order valence-electron chi connectivity index (χ3n) is 7.62. The molecule has 1 saturated heterocycles. The molecule has 37 heavy (non-hydrogen) atoms. The highest BCUT2D eigenvalue weighted by molar-refractivity contribution is 6.51. The number of piperidine rings is 1. The van der Waals surface area contributed by atoms with E-state index >= 15 is 0 Å². The van der Waals surface area contributed by atoms with Gasteiger partial charge in [-0.15, -0.1) is 23.2 Å². The quantitative estimate of drug-likeness (QED) is 0.328. The molecule has 2 aliphatic carbocycles. The molecule has 0 radical (unpaired) electrons. The average molecular weight is 561 g/mol. The number of amides is 3. The van der Waals surface area contributed by atoms with Crippen molar-refractivity contribution >= 4 is 52.7 Å². The summed E-state index contributed by atoms with van der Waals surface area (Å²) >= 11 is 12.9. The van der Waals surface area contributed by atoms with E-state index in [9.17, 15) is 24.0 Å². The minimum absolute atomic E-state index is 0.145. The van der Waals surface area contributed by atoms with Crippen LogP contribution in [-0.4, -0.2) is 62.9 Å². The number of hydrogen-bond acceptors (Lipinski definition) is 6. The maximum absolute atomic E-state index is 13.8. The van der Waals surface area contributed by atoms with Crippen LogP contribution in [0.1, 0.15) is 73.6 Å². The molecule has 3 fully saturated rings. The molecular weight excluding hydrogens is 521 g/mol. The van der Waals surface area contributed by atoms with Crippen molar-refractivity contribution in [2.75, 3.05) is 6.54 Å². The van der Waals surface area contributed by atoms with Crippen molar-refractivity contribution in [2.45, 2.75) is 95.7 Å². The number of alkyl halides is 2. The molecule has 2 unspecified atom stereocenters. The maximum atomic E-state index is 13.8. The largest absolute Gasteiger partial charge is 0.444 e. The number of carbonyl (C=O) groups excluding carboxylic acids is 5. The Morgan fingerprint density at radius 2 is 1.68 bits per heavy atom. The van der Waals surface area contributed by atoms with Crippen LogP contribution in [0.2, 0.25) is 0 Å². The van der Waals surface area contributed by atoms with E-state index in [0.29, 0.717) is 6.42 Å². The summed E-state index contributed by atoms with van der Waals surface area (Å²) in [5, 5.41) is 2.67. The Bertz CT molecular complexity index is 966. The number of alkyl carbamates (subject to hydrolysis) is 1. The molecule has 208 valence electrons. The fourth-order valence-corrected chi connectivity index (χ4v) is 6.25. The lowest BCUT2D eigenvalue weighted by Crippen LogP contribution is -2.58. The van der Waals surface area contributed by atoms with Crippen molar-refractivity contribution in [2.24, 2.45) is 34.8 Å². The van der Waals surface area contributed by atoms with Gasteiger partial charge in [-0.25, -0.2) is 4.79 Å². The Morgan fingerprint density at radius 1 is 1.08 bits per heavy atom. The second-order valence-electron chi connectivity index (χ2n) is 12.8. The van der Waals surface area contributed by atoms with E-state index in [4.69, 9.17) is 33.7 Å². The van der Waals surface area contributed by atoms with Crippen LogP contribution in [-0.2, 0) is 23.9 Å². The van der Waals surface area contributed by atoms with E-state index in [1.807, 2.05) is 0 Å². The number of halogens is 2. The molecule has 0 bridgehead atoms. The number of nitrogens with one attached hydrogen (secondary N) is 1. The smallest absolute Gasteiger partial charge is 0.408 e. The molecule has 3 rings (SSSR count). The molecule has 3 N–H and O–H groups in total. The van der Waals surface area contributed by atoms with Gasteiger partial charge in [-0.3, -0.25) is 19.2 Å². The summed E-state index contributed by atoms with van der Waals surface area (Å²) in [7, 11) is 0. The summed E-state index contributed by atoms with van der Waals surface area (Å²) < 4.78 is 4.19. The van der Waals surface area contributed by atoms with Crippen molar-refractivity contribution < 1.29 is 28.7 Å². The van der Waals surface area contributed by atoms with Gasteiger partial charge in [-0.05, 0) is 38.5 Å². The predicted molar refractivity (Wildman–Crippen MR) is 139 cm³/mol. The van der Waals surface area contributed by atoms with Gasteiger partial charge < -0.3 is 20.7 Å².